The zero-order chi connectivity index (χ0) is 12.0. The van der Waals surface area contributed by atoms with Crippen LogP contribution in [-0.2, 0) is 0 Å². The number of benzene rings is 1. The third kappa shape index (κ3) is 4.00. The molecule has 0 spiro atoms. The molecule has 0 unspecified atom stereocenters. The molecule has 1 aromatic carbocycles. The van der Waals surface area contributed by atoms with Crippen molar-refractivity contribution < 1.29 is 9.21 Å². The lowest BCUT2D eigenvalue weighted by molar-refractivity contribution is 0.112. The minimum absolute atomic E-state index is 0.620. The van der Waals surface area contributed by atoms with Gasteiger partial charge in [0.2, 0.25) is 0 Å². The van der Waals surface area contributed by atoms with E-state index in [4.69, 9.17) is 10.2 Å². The van der Waals surface area contributed by atoms with E-state index in [1.165, 1.54) is 0 Å². The number of aldehydes is 1. The lowest BCUT2D eigenvalue weighted by atomic mass is 10.2. The van der Waals surface area contributed by atoms with Gasteiger partial charge >= 0.3 is 0 Å². The maximum Gasteiger partial charge on any atom is 0.150 e. The zero-order valence-corrected chi connectivity index (χ0v) is 9.44. The molecule has 1 aromatic heterocycles. The Hall–Kier alpha value is -2.03. The van der Waals surface area contributed by atoms with E-state index in [1.54, 1.807) is 24.3 Å². The Morgan fingerprint density at radius 1 is 1.12 bits per heavy atom. The molecule has 2 N–H and O–H groups in total. The van der Waals surface area contributed by atoms with Crippen molar-refractivity contribution in [3.05, 3.63) is 53.5 Å². The summed E-state index contributed by atoms with van der Waals surface area (Å²) in [7, 11) is 0. The van der Waals surface area contributed by atoms with Crippen molar-refractivity contribution in [3.63, 3.8) is 0 Å². The van der Waals surface area contributed by atoms with Crippen molar-refractivity contribution in [3.8, 4) is 0 Å². The van der Waals surface area contributed by atoms with Crippen LogP contribution in [0.15, 0.2) is 40.8 Å². The average molecular weight is 217 g/mol. The Morgan fingerprint density at radius 2 is 1.75 bits per heavy atom. The van der Waals surface area contributed by atoms with Crippen molar-refractivity contribution in [2.75, 3.05) is 5.73 Å². The quantitative estimate of drug-likeness (QED) is 0.590. The highest BCUT2D eigenvalue weighted by Gasteiger charge is 1.87. The molecule has 0 aliphatic rings. The van der Waals surface area contributed by atoms with Crippen molar-refractivity contribution in [2.24, 2.45) is 0 Å². The smallest absolute Gasteiger partial charge is 0.150 e. The van der Waals surface area contributed by atoms with Crippen LogP contribution in [0.1, 0.15) is 21.9 Å². The molecule has 0 fully saturated rings. The summed E-state index contributed by atoms with van der Waals surface area (Å²) in [6.45, 7) is 3.88. The number of rotatable bonds is 1. The van der Waals surface area contributed by atoms with Gasteiger partial charge in [-0.05, 0) is 38.1 Å². The summed E-state index contributed by atoms with van der Waals surface area (Å²) in [5.41, 5.74) is 6.62. The summed E-state index contributed by atoms with van der Waals surface area (Å²) < 4.78 is 5.08. The lowest BCUT2D eigenvalue weighted by Crippen LogP contribution is -1.85. The number of hydrogen-bond donors (Lipinski definition) is 1. The molecule has 0 aliphatic carbocycles. The lowest BCUT2D eigenvalue weighted by Gasteiger charge is -1.90. The maximum atomic E-state index is 10.1. The second-order valence-corrected chi connectivity index (χ2v) is 3.44. The van der Waals surface area contributed by atoms with Crippen LogP contribution in [0.3, 0.4) is 0 Å². The van der Waals surface area contributed by atoms with E-state index in [1.807, 2.05) is 26.0 Å². The van der Waals surface area contributed by atoms with Crippen LogP contribution < -0.4 is 5.73 Å². The van der Waals surface area contributed by atoms with E-state index in [2.05, 4.69) is 0 Å². The third-order valence-corrected chi connectivity index (χ3v) is 1.92. The van der Waals surface area contributed by atoms with E-state index >= 15 is 0 Å². The predicted molar refractivity (Wildman–Crippen MR) is 64.4 cm³/mol. The van der Waals surface area contributed by atoms with E-state index in [-0.39, 0.29) is 0 Å². The normalized spacial score (nSPS) is 9.12. The van der Waals surface area contributed by atoms with Gasteiger partial charge in [-0.3, -0.25) is 4.79 Å². The standard InChI is InChI=1S/C7H7NO.C6H8O/c8-7-3-1-2-6(4-7)5-9;1-5-3-4-6(2)7-5/h1-5H,8H2;3-4H,1-2H3. The second-order valence-electron chi connectivity index (χ2n) is 3.44. The van der Waals surface area contributed by atoms with Gasteiger partial charge in [0.15, 0.2) is 0 Å². The SMILES string of the molecule is Cc1ccc(C)o1.Nc1cccc(C=O)c1. The van der Waals surface area contributed by atoms with Gasteiger partial charge < -0.3 is 10.2 Å². The number of carbonyl (C=O) groups is 1. The van der Waals surface area contributed by atoms with Gasteiger partial charge in [-0.15, -0.1) is 0 Å². The number of nitrogens with two attached hydrogens (primary N) is 1. The minimum Gasteiger partial charge on any atom is -0.467 e. The summed E-state index contributed by atoms with van der Waals surface area (Å²) >= 11 is 0. The first-order chi connectivity index (χ1) is 7.61. The molecule has 2 aromatic rings. The van der Waals surface area contributed by atoms with E-state index in [9.17, 15) is 4.79 Å². The van der Waals surface area contributed by atoms with Gasteiger partial charge in [-0.1, -0.05) is 12.1 Å². The van der Waals surface area contributed by atoms with Gasteiger partial charge in [-0.25, -0.2) is 0 Å². The number of carbonyl (C=O) groups excluding carboxylic acids is 1. The first kappa shape index (κ1) is 12.0. The molecule has 0 aliphatic heterocycles. The van der Waals surface area contributed by atoms with Gasteiger partial charge in [0.25, 0.3) is 0 Å². The molecule has 0 atom stereocenters. The Kier molecular flexibility index (Phi) is 4.33. The van der Waals surface area contributed by atoms with Crippen LogP contribution in [-0.4, -0.2) is 6.29 Å². The average Bonchev–Trinajstić information content (AvgIpc) is 2.63. The number of hydrogen-bond acceptors (Lipinski definition) is 3. The molecule has 0 radical (unpaired) electrons. The van der Waals surface area contributed by atoms with Crippen molar-refractivity contribution in [1.82, 2.24) is 0 Å². The largest absolute Gasteiger partial charge is 0.467 e. The van der Waals surface area contributed by atoms with Gasteiger partial charge in [0.05, 0.1) is 0 Å². The maximum absolute atomic E-state index is 10.1. The molecule has 3 nitrogen and oxygen atoms in total. The zero-order valence-electron chi connectivity index (χ0n) is 9.44. The summed E-state index contributed by atoms with van der Waals surface area (Å²) in [5.74, 6) is 1.97. The number of anilines is 1. The van der Waals surface area contributed by atoms with E-state index < -0.39 is 0 Å². The Balaban J connectivity index is 0.000000165. The van der Waals surface area contributed by atoms with Gasteiger partial charge in [0, 0.05) is 11.3 Å². The van der Waals surface area contributed by atoms with E-state index in [0.29, 0.717) is 11.3 Å². The fourth-order valence-corrected chi connectivity index (χ4v) is 1.19. The molecule has 3 heteroatoms. The van der Waals surface area contributed by atoms with Crippen LogP contribution >= 0.6 is 0 Å². The summed E-state index contributed by atoms with van der Waals surface area (Å²) in [4.78, 5) is 10.1. The predicted octanol–water partition coefficient (Wildman–Crippen LogP) is 2.98. The Labute approximate surface area is 94.9 Å². The molecule has 0 amide bonds. The molecule has 84 valence electrons. The van der Waals surface area contributed by atoms with Gasteiger partial charge in [0.1, 0.15) is 17.8 Å². The van der Waals surface area contributed by atoms with E-state index in [0.717, 1.165) is 17.8 Å². The highest BCUT2D eigenvalue weighted by molar-refractivity contribution is 5.76. The Bertz CT molecular complexity index is 444. The van der Waals surface area contributed by atoms with Crippen LogP contribution in [0.4, 0.5) is 5.69 Å². The molecule has 0 bridgehead atoms. The Morgan fingerprint density at radius 3 is 2.06 bits per heavy atom. The van der Waals surface area contributed by atoms with Crippen molar-refractivity contribution in [2.45, 2.75) is 13.8 Å². The first-order valence-corrected chi connectivity index (χ1v) is 4.95. The van der Waals surface area contributed by atoms with Crippen LogP contribution in [0.2, 0.25) is 0 Å². The monoisotopic (exact) mass is 217 g/mol. The minimum atomic E-state index is 0.620. The summed E-state index contributed by atoms with van der Waals surface area (Å²) in [5, 5.41) is 0. The molecule has 2 rings (SSSR count). The molecule has 1 heterocycles. The third-order valence-electron chi connectivity index (χ3n) is 1.92. The number of aryl methyl sites for hydroxylation is 2. The molecule has 0 saturated carbocycles. The topological polar surface area (TPSA) is 56.2 Å². The molecule has 16 heavy (non-hydrogen) atoms. The second kappa shape index (κ2) is 5.75. The number of furan rings is 1. The van der Waals surface area contributed by atoms with Crippen LogP contribution in [0.5, 0.6) is 0 Å². The van der Waals surface area contributed by atoms with Gasteiger partial charge in [-0.2, -0.15) is 0 Å². The molecule has 0 saturated heterocycles. The highest BCUT2D eigenvalue weighted by Crippen LogP contribution is 2.03. The first-order valence-electron chi connectivity index (χ1n) is 4.95. The highest BCUT2D eigenvalue weighted by atomic mass is 16.3. The summed E-state index contributed by atoms with van der Waals surface area (Å²) in [6.07, 6.45) is 0.774. The fraction of sp³-hybridized carbons (Fsp3) is 0.154. The fourth-order valence-electron chi connectivity index (χ4n) is 1.19. The molecular weight excluding hydrogens is 202 g/mol. The molecular formula is C13H15NO2. The number of nitrogen functional groups attached to an aromatic ring is 1. The van der Waals surface area contributed by atoms with Crippen molar-refractivity contribution >= 4 is 12.0 Å². The van der Waals surface area contributed by atoms with Crippen LogP contribution in [0, 0.1) is 13.8 Å². The van der Waals surface area contributed by atoms with Crippen molar-refractivity contribution in [1.29, 1.82) is 0 Å². The summed E-state index contributed by atoms with van der Waals surface area (Å²) in [6, 6.07) is 10.7. The van der Waals surface area contributed by atoms with Crippen LogP contribution in [0.25, 0.3) is 0 Å².